The summed E-state index contributed by atoms with van der Waals surface area (Å²) in [5.74, 6) is -0.195. The molecule has 1 saturated carbocycles. The van der Waals surface area contributed by atoms with Gasteiger partial charge in [0.25, 0.3) is 0 Å². The van der Waals surface area contributed by atoms with Gasteiger partial charge in [-0.25, -0.2) is 0 Å². The zero-order valence-corrected chi connectivity index (χ0v) is 11.8. The van der Waals surface area contributed by atoms with Crippen molar-refractivity contribution in [2.24, 2.45) is 11.7 Å². The van der Waals surface area contributed by atoms with Crippen LogP contribution in [-0.4, -0.2) is 41.4 Å². The Hall–Kier alpha value is -1.10. The van der Waals surface area contributed by atoms with Gasteiger partial charge in [0.1, 0.15) is 0 Å². The van der Waals surface area contributed by atoms with Crippen LogP contribution in [0, 0.1) is 5.92 Å². The summed E-state index contributed by atoms with van der Waals surface area (Å²) in [6.07, 6.45) is 2.15. The van der Waals surface area contributed by atoms with E-state index in [1.807, 2.05) is 32.6 Å². The zero-order valence-electron chi connectivity index (χ0n) is 11.8. The number of rotatable bonds is 6. The van der Waals surface area contributed by atoms with E-state index in [-0.39, 0.29) is 30.3 Å². The van der Waals surface area contributed by atoms with Crippen molar-refractivity contribution in [2.75, 3.05) is 6.54 Å². The molecule has 18 heavy (non-hydrogen) atoms. The van der Waals surface area contributed by atoms with Gasteiger partial charge < -0.3 is 16.0 Å². The van der Waals surface area contributed by atoms with Gasteiger partial charge in [0.15, 0.2) is 0 Å². The molecule has 104 valence electrons. The highest BCUT2D eigenvalue weighted by Crippen LogP contribution is 2.28. The highest BCUT2D eigenvalue weighted by Gasteiger charge is 2.34. The van der Waals surface area contributed by atoms with Gasteiger partial charge in [0, 0.05) is 12.1 Å². The van der Waals surface area contributed by atoms with E-state index in [9.17, 15) is 9.59 Å². The van der Waals surface area contributed by atoms with Crippen molar-refractivity contribution in [1.29, 1.82) is 0 Å². The number of nitrogens with zero attached hydrogens (tertiary/aromatic N) is 1. The highest BCUT2D eigenvalue weighted by atomic mass is 16.2. The van der Waals surface area contributed by atoms with Gasteiger partial charge in [-0.1, -0.05) is 13.8 Å². The van der Waals surface area contributed by atoms with Gasteiger partial charge in [-0.05, 0) is 32.6 Å². The molecule has 0 aromatic carbocycles. The van der Waals surface area contributed by atoms with E-state index in [1.165, 1.54) is 0 Å². The van der Waals surface area contributed by atoms with Crippen LogP contribution >= 0.6 is 0 Å². The first-order valence-corrected chi connectivity index (χ1v) is 6.69. The van der Waals surface area contributed by atoms with Crippen molar-refractivity contribution in [2.45, 2.75) is 58.7 Å². The molecule has 1 aliphatic rings. The molecule has 1 fully saturated rings. The van der Waals surface area contributed by atoms with Gasteiger partial charge in [0.2, 0.25) is 11.8 Å². The molecule has 5 heteroatoms. The second-order valence-corrected chi connectivity index (χ2v) is 5.61. The molecular formula is C13H25N3O2. The van der Waals surface area contributed by atoms with E-state index in [4.69, 9.17) is 5.73 Å². The Morgan fingerprint density at radius 2 is 1.83 bits per heavy atom. The van der Waals surface area contributed by atoms with Crippen molar-refractivity contribution in [3.05, 3.63) is 0 Å². The number of nitrogens with one attached hydrogen (secondary N) is 1. The first kappa shape index (κ1) is 15.0. The van der Waals surface area contributed by atoms with E-state index < -0.39 is 6.04 Å². The molecule has 0 spiro atoms. The molecule has 1 aliphatic carbocycles. The first-order valence-electron chi connectivity index (χ1n) is 6.69. The Morgan fingerprint density at radius 3 is 2.22 bits per heavy atom. The third kappa shape index (κ3) is 3.98. The Bertz CT molecular complexity index is 309. The van der Waals surface area contributed by atoms with Crippen LogP contribution in [0.1, 0.15) is 40.5 Å². The summed E-state index contributed by atoms with van der Waals surface area (Å²) in [6, 6.07) is 0.0000681. The molecule has 0 heterocycles. The SMILES string of the molecule is CC(C)[C@H](N)C(=O)NCC(=O)N(C(C)C)C1CC1. The van der Waals surface area contributed by atoms with E-state index in [0.717, 1.165) is 12.8 Å². The second kappa shape index (κ2) is 6.18. The number of carbonyl (C=O) groups excluding carboxylic acids is 2. The molecule has 1 atom stereocenters. The normalized spacial score (nSPS) is 16.8. The first-order chi connectivity index (χ1) is 8.34. The van der Waals surface area contributed by atoms with Crippen molar-refractivity contribution in [1.82, 2.24) is 10.2 Å². The quantitative estimate of drug-likeness (QED) is 0.725. The van der Waals surface area contributed by atoms with Gasteiger partial charge in [0.05, 0.1) is 12.6 Å². The minimum absolute atomic E-state index is 0.0168. The van der Waals surface area contributed by atoms with Crippen LogP contribution in [0.2, 0.25) is 0 Å². The van der Waals surface area contributed by atoms with Gasteiger partial charge >= 0.3 is 0 Å². The summed E-state index contributed by atoms with van der Waals surface area (Å²) in [4.78, 5) is 25.6. The molecule has 1 rings (SSSR count). The third-order valence-electron chi connectivity index (χ3n) is 3.22. The molecule has 0 aromatic heterocycles. The lowest BCUT2D eigenvalue weighted by atomic mass is 10.1. The molecule has 0 aliphatic heterocycles. The standard InChI is InChI=1S/C13H25N3O2/c1-8(2)12(14)13(18)15-7-11(17)16(9(3)4)10-5-6-10/h8-10,12H,5-7,14H2,1-4H3,(H,15,18)/t12-/m0/s1. The smallest absolute Gasteiger partial charge is 0.242 e. The predicted octanol–water partition coefficient (Wildman–Crippen LogP) is 0.485. The molecular weight excluding hydrogens is 230 g/mol. The summed E-state index contributed by atoms with van der Waals surface area (Å²) in [6.45, 7) is 7.82. The van der Waals surface area contributed by atoms with Crippen LogP contribution in [0.25, 0.3) is 0 Å². The van der Waals surface area contributed by atoms with E-state index in [2.05, 4.69) is 5.32 Å². The van der Waals surface area contributed by atoms with Gasteiger partial charge in [-0.3, -0.25) is 9.59 Å². The molecule has 0 radical (unpaired) electrons. The summed E-state index contributed by atoms with van der Waals surface area (Å²) >= 11 is 0. The van der Waals surface area contributed by atoms with E-state index >= 15 is 0 Å². The molecule has 0 bridgehead atoms. The van der Waals surface area contributed by atoms with Crippen molar-refractivity contribution in [3.8, 4) is 0 Å². The summed E-state index contributed by atoms with van der Waals surface area (Å²) in [7, 11) is 0. The van der Waals surface area contributed by atoms with Crippen molar-refractivity contribution >= 4 is 11.8 Å². The van der Waals surface area contributed by atoms with Crippen LogP contribution in [0.15, 0.2) is 0 Å². The Kier molecular flexibility index (Phi) is 5.14. The Morgan fingerprint density at radius 1 is 1.28 bits per heavy atom. The molecule has 0 saturated heterocycles. The van der Waals surface area contributed by atoms with Crippen molar-refractivity contribution in [3.63, 3.8) is 0 Å². The third-order valence-corrected chi connectivity index (χ3v) is 3.22. The van der Waals surface area contributed by atoms with Crippen LogP contribution in [0.4, 0.5) is 0 Å². The number of hydrogen-bond acceptors (Lipinski definition) is 3. The minimum Gasteiger partial charge on any atom is -0.346 e. The fraction of sp³-hybridized carbons (Fsp3) is 0.846. The monoisotopic (exact) mass is 255 g/mol. The lowest BCUT2D eigenvalue weighted by molar-refractivity contribution is -0.135. The fourth-order valence-corrected chi connectivity index (χ4v) is 1.94. The Balaban J connectivity index is 2.42. The summed E-state index contributed by atoms with van der Waals surface area (Å²) < 4.78 is 0. The fourth-order valence-electron chi connectivity index (χ4n) is 1.94. The largest absolute Gasteiger partial charge is 0.346 e. The zero-order chi connectivity index (χ0) is 13.9. The van der Waals surface area contributed by atoms with Crippen LogP contribution in [0.5, 0.6) is 0 Å². The van der Waals surface area contributed by atoms with E-state index in [1.54, 1.807) is 0 Å². The number of amides is 2. The molecule has 2 amide bonds. The van der Waals surface area contributed by atoms with Gasteiger partial charge in [-0.15, -0.1) is 0 Å². The van der Waals surface area contributed by atoms with Gasteiger partial charge in [-0.2, -0.15) is 0 Å². The second-order valence-electron chi connectivity index (χ2n) is 5.61. The summed E-state index contributed by atoms with van der Waals surface area (Å²) in [5, 5.41) is 2.63. The molecule has 0 aromatic rings. The topological polar surface area (TPSA) is 75.4 Å². The summed E-state index contributed by atoms with van der Waals surface area (Å²) in [5.41, 5.74) is 5.72. The lowest BCUT2D eigenvalue weighted by Crippen LogP contribution is -2.49. The maximum Gasteiger partial charge on any atom is 0.242 e. The van der Waals surface area contributed by atoms with Crippen LogP contribution in [-0.2, 0) is 9.59 Å². The molecule has 3 N–H and O–H groups in total. The Labute approximate surface area is 109 Å². The number of carbonyl (C=O) groups is 2. The number of hydrogen-bond donors (Lipinski definition) is 2. The van der Waals surface area contributed by atoms with E-state index in [0.29, 0.717) is 6.04 Å². The predicted molar refractivity (Wildman–Crippen MR) is 70.8 cm³/mol. The number of nitrogens with two attached hydrogens (primary N) is 1. The maximum absolute atomic E-state index is 12.0. The lowest BCUT2D eigenvalue weighted by Gasteiger charge is -2.27. The average molecular weight is 255 g/mol. The highest BCUT2D eigenvalue weighted by molar-refractivity contribution is 5.87. The van der Waals surface area contributed by atoms with Crippen LogP contribution < -0.4 is 11.1 Å². The van der Waals surface area contributed by atoms with Crippen LogP contribution in [0.3, 0.4) is 0 Å². The minimum atomic E-state index is -0.550. The van der Waals surface area contributed by atoms with Crippen molar-refractivity contribution < 1.29 is 9.59 Å². The average Bonchev–Trinajstić information content (AvgIpc) is 3.08. The maximum atomic E-state index is 12.0. The molecule has 5 nitrogen and oxygen atoms in total. The molecule has 0 unspecified atom stereocenters.